The summed E-state index contributed by atoms with van der Waals surface area (Å²) < 4.78 is 13.6. The van der Waals surface area contributed by atoms with Crippen LogP contribution in [-0.4, -0.2) is 196 Å². The number of β-amino-alcohol motifs (C(OH)–C–C–N with tert-alkyl or cyclic N) is 1. The first-order valence-electron chi connectivity index (χ1n) is 39.2. The van der Waals surface area contributed by atoms with Gasteiger partial charge in [-0.15, -0.1) is 0 Å². The molecule has 4 aromatic carbocycles. The zero-order valence-corrected chi connectivity index (χ0v) is 64.8. The van der Waals surface area contributed by atoms with Crippen LogP contribution in [0.2, 0.25) is 0 Å². The second-order valence-corrected chi connectivity index (χ2v) is 30.5. The standard InChI is InChI=1S/C22H24N6O2.C22H24N6O.C21H22N6O.C20H20N6O/c1-26-13-17-10-16(2-3-18(17)25-26)19-11-22(30)28-14-20(23-12-21(28)24-19)15-4-6-27(7-5-15)8-9-29;1-3-27-8-6-15(7-9-27)20-14-28-21(12-23-20)24-19(11-22(28)29)16-4-5-18-17(10-16)13-26(2)25-18;1-25-7-5-14(6-8-25)19-13-27-20(11-22-19)23-18(10-21(27)28)15-3-4-17-16(9-15)12-26(2)24-17;1-25-11-15-8-14(2-3-16(15)24-25)17-9-20(27)26-12-18(22-10-19(26)23-17)13-4-6-21-7-5-13/h2-3,10-15,29H,4-9H2,1H3;4-5,10-15H,3,6-9H2,1-2H3;3-4,9-14H,5-8H2,1-2H3;2-3,8-13,21H,4-7H2,1H3. The van der Waals surface area contributed by atoms with E-state index in [2.05, 4.69) is 89.3 Å². The van der Waals surface area contributed by atoms with Crippen molar-refractivity contribution in [2.24, 2.45) is 28.2 Å². The maximum atomic E-state index is 12.9. The molecule has 29 nitrogen and oxygen atoms in total. The lowest BCUT2D eigenvalue weighted by Crippen LogP contribution is -2.35. The Kier molecular flexibility index (Phi) is 20.9. The lowest BCUT2D eigenvalue weighted by atomic mass is 9.94. The Morgan fingerprint density at radius 2 is 0.640 bits per heavy atom. The average molecular weight is 1530 g/mol. The number of hydrogen-bond acceptors (Lipinski definition) is 21. The van der Waals surface area contributed by atoms with Gasteiger partial charge in [-0.1, -0.05) is 31.2 Å². The first-order valence-corrected chi connectivity index (χ1v) is 39.2. The summed E-state index contributed by atoms with van der Waals surface area (Å²) >= 11 is 0. The van der Waals surface area contributed by atoms with Gasteiger partial charge >= 0.3 is 0 Å². The molecule has 20 rings (SSSR count). The van der Waals surface area contributed by atoms with Crippen LogP contribution in [0.4, 0.5) is 0 Å². The molecule has 2 N–H and O–H groups in total. The molecule has 4 aliphatic heterocycles. The second-order valence-electron chi connectivity index (χ2n) is 30.5. The van der Waals surface area contributed by atoms with Crippen LogP contribution in [0.3, 0.4) is 0 Å². The normalized spacial score (nSPS) is 16.0. The second kappa shape index (κ2) is 32.1. The largest absolute Gasteiger partial charge is 0.395 e. The van der Waals surface area contributed by atoms with Crippen molar-refractivity contribution in [3.63, 3.8) is 0 Å². The van der Waals surface area contributed by atoms with Crippen molar-refractivity contribution in [3.05, 3.63) is 236 Å². The van der Waals surface area contributed by atoms with E-state index in [0.29, 0.717) is 69.0 Å². The SMILES string of the molecule is CCN1CCC(c2cn3c(=O)cc(-c4ccc5nn(C)cc5c4)nc3cn2)CC1.CN1CCC(c2cn3c(=O)cc(-c4ccc5nn(C)cc5c4)nc3cn2)CC1.Cn1cc2cc(-c3cc(=O)n4cc(C5CCN(CCO)CC5)ncc4n3)ccc2n1.Cn1cc2cc(-c3cc(=O)n4cc(C5CCNCC5)ncc4n3)ccc2n1. The molecule has 12 aromatic heterocycles. The molecule has 4 fully saturated rings. The minimum absolute atomic E-state index is 0.0778. The molecular formula is C85H90N24O5. The Morgan fingerprint density at radius 3 is 0.930 bits per heavy atom. The van der Waals surface area contributed by atoms with Crippen LogP contribution < -0.4 is 27.6 Å². The number of nitrogens with zero attached hydrogens (tertiary/aromatic N) is 23. The third-order valence-corrected chi connectivity index (χ3v) is 22.7. The maximum Gasteiger partial charge on any atom is 0.258 e. The van der Waals surface area contributed by atoms with Crippen molar-refractivity contribution in [1.82, 2.24) is 117 Å². The fourth-order valence-electron chi connectivity index (χ4n) is 16.3. The topological polar surface area (TPSA) is 302 Å². The number of nitrogens with one attached hydrogen (secondary N) is 1. The highest BCUT2D eigenvalue weighted by molar-refractivity contribution is 5.86. The van der Waals surface area contributed by atoms with Gasteiger partial charge in [0.2, 0.25) is 0 Å². The maximum absolute atomic E-state index is 12.9. The smallest absolute Gasteiger partial charge is 0.258 e. The molecule has 0 saturated carbocycles. The minimum atomic E-state index is -0.109. The van der Waals surface area contributed by atoms with E-state index >= 15 is 0 Å². The van der Waals surface area contributed by atoms with Crippen LogP contribution in [0.5, 0.6) is 0 Å². The zero-order chi connectivity index (χ0) is 78.3. The van der Waals surface area contributed by atoms with Crippen LogP contribution in [0.1, 0.15) is 105 Å². The summed E-state index contributed by atoms with van der Waals surface area (Å²) in [6, 6.07) is 30.0. The Balaban J connectivity index is 0.000000110. The number of fused-ring (bicyclic) bond motifs is 8. The molecule has 29 heteroatoms. The quantitative estimate of drug-likeness (QED) is 0.122. The summed E-state index contributed by atoms with van der Waals surface area (Å²) in [5, 5.41) is 34.1. The molecule has 0 spiro atoms. The number of likely N-dealkylation sites (tertiary alicyclic amines) is 3. The summed E-state index contributed by atoms with van der Waals surface area (Å²) in [5.74, 6) is 1.53. The third kappa shape index (κ3) is 16.0. The van der Waals surface area contributed by atoms with Crippen molar-refractivity contribution < 1.29 is 5.11 Å². The lowest BCUT2D eigenvalue weighted by Gasteiger charge is -2.31. The van der Waals surface area contributed by atoms with Gasteiger partial charge < -0.3 is 25.1 Å². The molecule has 16 aromatic rings. The van der Waals surface area contributed by atoms with E-state index in [9.17, 15) is 19.2 Å². The summed E-state index contributed by atoms with van der Waals surface area (Å²) in [6.07, 6.45) is 30.5. The van der Waals surface area contributed by atoms with Gasteiger partial charge in [-0.05, 0) is 166 Å². The summed E-state index contributed by atoms with van der Waals surface area (Å²) in [5.41, 5.74) is 15.7. The van der Waals surface area contributed by atoms with Crippen LogP contribution in [0, 0.1) is 0 Å². The van der Waals surface area contributed by atoms with Crippen LogP contribution in [0.25, 0.3) is 111 Å². The van der Waals surface area contributed by atoms with Crippen molar-refractivity contribution in [2.45, 2.75) is 82.0 Å². The summed E-state index contributed by atoms with van der Waals surface area (Å²) in [7, 11) is 9.72. The van der Waals surface area contributed by atoms with Gasteiger partial charge in [0.05, 0.1) is 99.0 Å². The van der Waals surface area contributed by atoms with E-state index in [0.717, 1.165) is 205 Å². The number of aromatic nitrogens is 20. The Labute approximate surface area is 654 Å². The van der Waals surface area contributed by atoms with Crippen molar-refractivity contribution in [2.75, 3.05) is 79.1 Å². The van der Waals surface area contributed by atoms with Crippen LogP contribution in [-0.2, 0) is 28.2 Å². The van der Waals surface area contributed by atoms with E-state index in [4.69, 9.17) is 10.1 Å². The highest BCUT2D eigenvalue weighted by Crippen LogP contribution is 2.33. The number of benzene rings is 4. The van der Waals surface area contributed by atoms with Crippen molar-refractivity contribution in [1.29, 1.82) is 0 Å². The molecular weight excluding hydrogens is 1440 g/mol. The van der Waals surface area contributed by atoms with E-state index < -0.39 is 0 Å². The molecule has 114 heavy (non-hydrogen) atoms. The average Bonchev–Trinajstić information content (AvgIpc) is 1.08. The third-order valence-electron chi connectivity index (χ3n) is 22.7. The fourth-order valence-corrected chi connectivity index (χ4v) is 16.3. The zero-order valence-electron chi connectivity index (χ0n) is 64.8. The van der Waals surface area contributed by atoms with Crippen molar-refractivity contribution in [3.8, 4) is 45.0 Å². The Hall–Kier alpha value is -12.3. The van der Waals surface area contributed by atoms with Gasteiger partial charge in [-0.2, -0.15) is 20.4 Å². The number of aliphatic hydroxyl groups excluding tert-OH is 1. The molecule has 0 bridgehead atoms. The molecule has 4 aliphatic rings. The fraction of sp³-hybridized carbons (Fsp3) is 0.341. The number of hydrogen-bond donors (Lipinski definition) is 2. The van der Waals surface area contributed by atoms with E-state index in [1.54, 1.807) is 85.4 Å². The van der Waals surface area contributed by atoms with Gasteiger partial charge in [0, 0.05) is 176 Å². The Morgan fingerprint density at radius 1 is 0.360 bits per heavy atom. The molecule has 16 heterocycles. The molecule has 580 valence electrons. The molecule has 0 radical (unpaired) electrons. The first kappa shape index (κ1) is 74.5. The molecule has 0 unspecified atom stereocenters. The van der Waals surface area contributed by atoms with Gasteiger partial charge in [0.1, 0.15) is 0 Å². The van der Waals surface area contributed by atoms with Crippen molar-refractivity contribution >= 4 is 66.2 Å². The van der Waals surface area contributed by atoms with Crippen LogP contribution in [0.15, 0.2) is 191 Å². The van der Waals surface area contributed by atoms with Gasteiger partial charge in [0.15, 0.2) is 22.6 Å². The predicted molar refractivity (Wildman–Crippen MR) is 440 cm³/mol. The van der Waals surface area contributed by atoms with E-state index in [-0.39, 0.29) is 28.8 Å². The number of piperidine rings is 4. The minimum Gasteiger partial charge on any atom is -0.395 e. The Bertz CT molecular complexity index is 6520. The van der Waals surface area contributed by atoms with Gasteiger partial charge in [0.25, 0.3) is 22.2 Å². The van der Waals surface area contributed by atoms with E-state index in [1.165, 1.54) is 0 Å². The highest BCUT2D eigenvalue weighted by atomic mass is 16.3. The van der Waals surface area contributed by atoms with Crippen LogP contribution >= 0.6 is 0 Å². The molecule has 0 aliphatic carbocycles. The first-order chi connectivity index (χ1) is 55.4. The molecule has 4 saturated heterocycles. The van der Waals surface area contributed by atoms with E-state index in [1.807, 2.05) is 151 Å². The highest BCUT2D eigenvalue weighted by Gasteiger charge is 2.26. The molecule has 0 amide bonds. The number of aryl methyl sites for hydroxylation is 4. The monoisotopic (exact) mass is 1530 g/mol. The van der Waals surface area contributed by atoms with Gasteiger partial charge in [-0.3, -0.25) is 75.4 Å². The summed E-state index contributed by atoms with van der Waals surface area (Å²) in [4.78, 5) is 95.5. The van der Waals surface area contributed by atoms with Gasteiger partial charge in [-0.25, -0.2) is 19.9 Å². The predicted octanol–water partition coefficient (Wildman–Crippen LogP) is 9.22. The summed E-state index contributed by atoms with van der Waals surface area (Å²) in [6.45, 7) is 12.4. The number of aliphatic hydroxyl groups is 1. The molecule has 0 atom stereocenters. The number of rotatable bonds is 11. The lowest BCUT2D eigenvalue weighted by molar-refractivity contribution is 0.163.